The zero-order valence-electron chi connectivity index (χ0n) is 14.8. The third kappa shape index (κ3) is 4.79. The molecule has 9 nitrogen and oxygen atoms in total. The smallest absolute Gasteiger partial charge is 0.251 e. The van der Waals surface area contributed by atoms with Gasteiger partial charge in [0.2, 0.25) is 15.9 Å². The van der Waals surface area contributed by atoms with Crippen LogP contribution in [-0.2, 0) is 27.9 Å². The maximum absolute atomic E-state index is 12.5. The van der Waals surface area contributed by atoms with Crippen LogP contribution in [0.3, 0.4) is 0 Å². The third-order valence-corrected chi connectivity index (χ3v) is 5.90. The van der Waals surface area contributed by atoms with Crippen molar-refractivity contribution in [2.45, 2.75) is 31.8 Å². The average Bonchev–Trinajstić information content (AvgIpc) is 3.11. The van der Waals surface area contributed by atoms with E-state index >= 15 is 0 Å². The number of carbonyl (C=O) groups is 1. The van der Waals surface area contributed by atoms with Crippen LogP contribution in [0.25, 0.3) is 0 Å². The molecule has 1 N–H and O–H groups in total. The van der Waals surface area contributed by atoms with Crippen LogP contribution in [0.1, 0.15) is 13.8 Å². The van der Waals surface area contributed by atoms with Gasteiger partial charge in [-0.15, -0.1) is 0 Å². The molecule has 0 aliphatic carbocycles. The van der Waals surface area contributed by atoms with Gasteiger partial charge >= 0.3 is 0 Å². The summed E-state index contributed by atoms with van der Waals surface area (Å²) in [4.78, 5) is 27.9. The first kappa shape index (κ1) is 19.9. The Hall–Kier alpha value is -2.46. The van der Waals surface area contributed by atoms with Crippen LogP contribution < -0.4 is 10.9 Å². The summed E-state index contributed by atoms with van der Waals surface area (Å²) in [6.07, 6.45) is 6.27. The van der Waals surface area contributed by atoms with Gasteiger partial charge in [-0.1, -0.05) is 13.8 Å². The molecule has 0 aliphatic rings. The number of hydrogen-bond donors (Lipinski definition) is 1. The standard InChI is InChI=1S/C16H23N5O4S/c1-3-21(4-2)26(24,25)14-5-6-16(23)20(11-14)12-15(22)18-8-10-19-9-7-17-13-19/h5-7,9,11,13H,3-4,8,10,12H2,1-2H3,(H,18,22). The molecule has 142 valence electrons. The van der Waals surface area contributed by atoms with Crippen molar-refractivity contribution in [2.24, 2.45) is 0 Å². The van der Waals surface area contributed by atoms with Crippen LogP contribution >= 0.6 is 0 Å². The molecule has 0 atom stereocenters. The largest absolute Gasteiger partial charge is 0.353 e. The van der Waals surface area contributed by atoms with Crippen LogP contribution in [0, 0.1) is 0 Å². The Morgan fingerprint density at radius 1 is 1.27 bits per heavy atom. The summed E-state index contributed by atoms with van der Waals surface area (Å²) in [5.41, 5.74) is -0.437. The van der Waals surface area contributed by atoms with Gasteiger partial charge in [0.05, 0.1) is 11.2 Å². The Morgan fingerprint density at radius 3 is 2.62 bits per heavy atom. The molecule has 0 fully saturated rings. The molecule has 0 saturated heterocycles. The lowest BCUT2D eigenvalue weighted by Gasteiger charge is -2.19. The molecule has 2 aromatic rings. The van der Waals surface area contributed by atoms with Gasteiger partial charge in [0.15, 0.2) is 0 Å². The highest BCUT2D eigenvalue weighted by Crippen LogP contribution is 2.13. The number of imidazole rings is 1. The molecule has 0 spiro atoms. The van der Waals surface area contributed by atoms with Crippen LogP contribution in [0.2, 0.25) is 0 Å². The van der Waals surface area contributed by atoms with E-state index in [2.05, 4.69) is 10.3 Å². The van der Waals surface area contributed by atoms with Crippen LogP contribution in [0.4, 0.5) is 0 Å². The zero-order valence-corrected chi connectivity index (χ0v) is 15.6. The number of rotatable bonds is 9. The van der Waals surface area contributed by atoms with Crippen LogP contribution in [0.5, 0.6) is 0 Å². The molecule has 0 aromatic carbocycles. The fraction of sp³-hybridized carbons (Fsp3) is 0.438. The number of hydrogen-bond acceptors (Lipinski definition) is 5. The minimum atomic E-state index is -3.69. The highest BCUT2D eigenvalue weighted by molar-refractivity contribution is 7.89. The number of nitrogens with zero attached hydrogens (tertiary/aromatic N) is 4. The summed E-state index contributed by atoms with van der Waals surface area (Å²) in [7, 11) is -3.69. The summed E-state index contributed by atoms with van der Waals surface area (Å²) in [5.74, 6) is -0.371. The van der Waals surface area contributed by atoms with Crippen LogP contribution in [0.15, 0.2) is 46.7 Å². The van der Waals surface area contributed by atoms with Gasteiger partial charge < -0.3 is 14.5 Å². The molecule has 0 unspecified atom stereocenters. The first-order chi connectivity index (χ1) is 12.4. The Bertz CT molecular complexity index is 886. The Balaban J connectivity index is 2.07. The number of amides is 1. The third-order valence-electron chi connectivity index (χ3n) is 3.86. The average molecular weight is 381 g/mol. The van der Waals surface area contributed by atoms with Crippen molar-refractivity contribution in [3.63, 3.8) is 0 Å². The fourth-order valence-corrected chi connectivity index (χ4v) is 3.93. The number of aromatic nitrogens is 3. The van der Waals surface area contributed by atoms with Crippen molar-refractivity contribution in [3.8, 4) is 0 Å². The Labute approximate surface area is 152 Å². The molecule has 2 rings (SSSR count). The first-order valence-corrected chi connectivity index (χ1v) is 9.75. The van der Waals surface area contributed by atoms with Gasteiger partial charge in [-0.25, -0.2) is 13.4 Å². The molecule has 0 saturated carbocycles. The Kier molecular flexibility index (Phi) is 6.70. The van der Waals surface area contributed by atoms with E-state index in [1.807, 2.05) is 4.57 Å². The van der Waals surface area contributed by atoms with E-state index in [1.54, 1.807) is 32.6 Å². The molecule has 2 aromatic heterocycles. The van der Waals surface area contributed by atoms with E-state index in [-0.39, 0.29) is 17.3 Å². The fourth-order valence-electron chi connectivity index (χ4n) is 2.45. The van der Waals surface area contributed by atoms with Crippen LogP contribution in [-0.4, -0.2) is 52.4 Å². The van der Waals surface area contributed by atoms with Crippen molar-refractivity contribution < 1.29 is 13.2 Å². The lowest BCUT2D eigenvalue weighted by Crippen LogP contribution is -2.35. The molecule has 10 heteroatoms. The van der Waals surface area contributed by atoms with Crippen molar-refractivity contribution in [2.75, 3.05) is 19.6 Å². The highest BCUT2D eigenvalue weighted by Gasteiger charge is 2.22. The summed E-state index contributed by atoms with van der Waals surface area (Å²) >= 11 is 0. The highest BCUT2D eigenvalue weighted by atomic mass is 32.2. The second kappa shape index (κ2) is 8.77. The normalized spacial score (nSPS) is 11.7. The zero-order chi connectivity index (χ0) is 19.2. The Morgan fingerprint density at radius 2 is 2.00 bits per heavy atom. The van der Waals surface area contributed by atoms with Gasteiger partial charge in [0.1, 0.15) is 6.54 Å². The summed E-state index contributed by atoms with van der Waals surface area (Å²) < 4.78 is 29.3. The van der Waals surface area contributed by atoms with E-state index in [0.29, 0.717) is 26.2 Å². The SMILES string of the molecule is CCN(CC)S(=O)(=O)c1ccc(=O)n(CC(=O)NCCn2ccnc2)c1. The lowest BCUT2D eigenvalue weighted by atomic mass is 10.4. The van der Waals surface area contributed by atoms with Crippen molar-refractivity contribution in [1.29, 1.82) is 0 Å². The van der Waals surface area contributed by atoms with Crippen molar-refractivity contribution >= 4 is 15.9 Å². The molecular formula is C16H23N5O4S. The maximum atomic E-state index is 12.5. The van der Waals surface area contributed by atoms with Gasteiger partial charge in [-0.3, -0.25) is 9.59 Å². The number of carbonyl (C=O) groups excluding carboxylic acids is 1. The molecule has 26 heavy (non-hydrogen) atoms. The van der Waals surface area contributed by atoms with Crippen molar-refractivity contribution in [3.05, 3.63) is 47.4 Å². The number of nitrogens with one attached hydrogen (secondary N) is 1. The molecule has 2 heterocycles. The quantitative estimate of drug-likeness (QED) is 0.652. The van der Waals surface area contributed by atoms with Gasteiger partial charge in [-0.05, 0) is 6.07 Å². The van der Waals surface area contributed by atoms with E-state index in [1.165, 1.54) is 16.6 Å². The first-order valence-electron chi connectivity index (χ1n) is 8.31. The van der Waals surface area contributed by atoms with E-state index in [0.717, 1.165) is 10.6 Å². The van der Waals surface area contributed by atoms with Crippen molar-refractivity contribution in [1.82, 2.24) is 23.7 Å². The minimum Gasteiger partial charge on any atom is -0.353 e. The summed E-state index contributed by atoms with van der Waals surface area (Å²) in [6, 6.07) is 2.43. The number of sulfonamides is 1. The minimum absolute atomic E-state index is 0.00739. The van der Waals surface area contributed by atoms with Gasteiger partial charge in [0.25, 0.3) is 5.56 Å². The predicted octanol–water partition coefficient (Wildman–Crippen LogP) is -0.108. The predicted molar refractivity (Wildman–Crippen MR) is 96.0 cm³/mol. The number of pyridine rings is 1. The monoisotopic (exact) mass is 381 g/mol. The molecule has 0 bridgehead atoms. The summed E-state index contributed by atoms with van der Waals surface area (Å²) in [5, 5.41) is 2.69. The maximum Gasteiger partial charge on any atom is 0.251 e. The lowest BCUT2D eigenvalue weighted by molar-refractivity contribution is -0.121. The molecule has 1 amide bonds. The second-order valence-electron chi connectivity index (χ2n) is 5.57. The van der Waals surface area contributed by atoms with E-state index in [4.69, 9.17) is 0 Å². The van der Waals surface area contributed by atoms with Gasteiger partial charge in [-0.2, -0.15) is 4.31 Å². The summed E-state index contributed by atoms with van der Waals surface area (Å²) in [6.45, 7) is 4.82. The van der Waals surface area contributed by atoms with E-state index in [9.17, 15) is 18.0 Å². The molecular weight excluding hydrogens is 358 g/mol. The topological polar surface area (TPSA) is 106 Å². The molecule has 0 radical (unpaired) electrons. The second-order valence-corrected chi connectivity index (χ2v) is 7.51. The molecule has 0 aliphatic heterocycles. The van der Waals surface area contributed by atoms with E-state index < -0.39 is 15.6 Å². The van der Waals surface area contributed by atoms with Gasteiger partial charge in [0, 0.05) is 50.8 Å².